The zero-order valence-corrected chi connectivity index (χ0v) is 14.8. The van der Waals surface area contributed by atoms with Crippen molar-refractivity contribution < 1.29 is 9.47 Å². The fourth-order valence-corrected chi connectivity index (χ4v) is 3.66. The van der Waals surface area contributed by atoms with Crippen LogP contribution in [0, 0.1) is 11.5 Å². The van der Waals surface area contributed by atoms with Crippen molar-refractivity contribution in [3.8, 4) is 11.5 Å². The third-order valence-corrected chi connectivity index (χ3v) is 5.09. The van der Waals surface area contributed by atoms with Crippen molar-refractivity contribution in [3.05, 3.63) is 28.8 Å². The SMILES string of the molecule is C[Si](C)(C)C#Cc1cc2c(cc1N)C1(CCCC2)OCCO1. The van der Waals surface area contributed by atoms with E-state index in [-0.39, 0.29) is 0 Å². The van der Waals surface area contributed by atoms with E-state index in [1.165, 1.54) is 5.56 Å². The summed E-state index contributed by atoms with van der Waals surface area (Å²) in [5.74, 6) is 2.74. The van der Waals surface area contributed by atoms with E-state index in [0.29, 0.717) is 13.2 Å². The molecule has 22 heavy (non-hydrogen) atoms. The molecule has 1 saturated heterocycles. The number of nitrogens with two attached hydrogens (primary N) is 1. The summed E-state index contributed by atoms with van der Waals surface area (Å²) in [7, 11) is -1.41. The van der Waals surface area contributed by atoms with Gasteiger partial charge in [-0.3, -0.25) is 0 Å². The summed E-state index contributed by atoms with van der Waals surface area (Å²) in [5.41, 5.74) is 13.8. The fourth-order valence-electron chi connectivity index (χ4n) is 3.15. The van der Waals surface area contributed by atoms with Gasteiger partial charge in [-0.25, -0.2) is 0 Å². The molecule has 1 fully saturated rings. The van der Waals surface area contributed by atoms with Crippen LogP contribution in [0.2, 0.25) is 19.6 Å². The molecule has 1 aromatic carbocycles. The van der Waals surface area contributed by atoms with Gasteiger partial charge in [-0.2, -0.15) is 0 Å². The Labute approximate surface area is 134 Å². The molecule has 0 aromatic heterocycles. The Hall–Kier alpha value is -1.28. The minimum absolute atomic E-state index is 0.565. The maximum absolute atomic E-state index is 6.28. The van der Waals surface area contributed by atoms with E-state index < -0.39 is 13.9 Å². The van der Waals surface area contributed by atoms with E-state index in [1.54, 1.807) is 0 Å². The minimum atomic E-state index is -1.41. The Bertz CT molecular complexity index is 631. The summed E-state index contributed by atoms with van der Waals surface area (Å²) in [6.07, 6.45) is 4.24. The van der Waals surface area contributed by atoms with E-state index in [9.17, 15) is 0 Å². The molecule has 0 radical (unpaired) electrons. The van der Waals surface area contributed by atoms with E-state index in [4.69, 9.17) is 15.2 Å². The number of hydrogen-bond acceptors (Lipinski definition) is 3. The van der Waals surface area contributed by atoms with Crippen molar-refractivity contribution in [2.75, 3.05) is 18.9 Å². The maximum Gasteiger partial charge on any atom is 0.195 e. The molecule has 0 amide bonds. The molecule has 0 saturated carbocycles. The molecule has 0 atom stereocenters. The van der Waals surface area contributed by atoms with Crippen LogP contribution in [0.5, 0.6) is 0 Å². The first-order valence-electron chi connectivity index (χ1n) is 8.14. The summed E-state index contributed by atoms with van der Waals surface area (Å²) < 4.78 is 12.0. The average molecular weight is 315 g/mol. The Kier molecular flexibility index (Phi) is 4.07. The van der Waals surface area contributed by atoms with Crippen molar-refractivity contribution in [3.63, 3.8) is 0 Å². The second-order valence-corrected chi connectivity index (χ2v) is 12.0. The molecule has 1 spiro atoms. The van der Waals surface area contributed by atoms with E-state index >= 15 is 0 Å². The highest BCUT2D eigenvalue weighted by Gasteiger charge is 2.41. The number of hydrogen-bond donors (Lipinski definition) is 1. The molecule has 2 aliphatic rings. The summed E-state index contributed by atoms with van der Waals surface area (Å²) in [6.45, 7) is 8.06. The highest BCUT2D eigenvalue weighted by Crippen LogP contribution is 2.42. The topological polar surface area (TPSA) is 44.5 Å². The quantitative estimate of drug-likeness (QED) is 0.453. The Morgan fingerprint density at radius 3 is 2.55 bits per heavy atom. The summed E-state index contributed by atoms with van der Waals surface area (Å²) in [6, 6.07) is 4.20. The van der Waals surface area contributed by atoms with Crippen LogP contribution in [0.3, 0.4) is 0 Å². The average Bonchev–Trinajstić information content (AvgIpc) is 2.84. The first-order valence-corrected chi connectivity index (χ1v) is 11.6. The van der Waals surface area contributed by atoms with Crippen molar-refractivity contribution >= 4 is 13.8 Å². The third-order valence-electron chi connectivity index (χ3n) is 4.21. The largest absolute Gasteiger partial charge is 0.398 e. The second kappa shape index (κ2) is 5.73. The van der Waals surface area contributed by atoms with E-state index in [0.717, 1.165) is 42.5 Å². The van der Waals surface area contributed by atoms with Gasteiger partial charge >= 0.3 is 0 Å². The normalized spacial score (nSPS) is 20.1. The molecule has 1 aliphatic carbocycles. The van der Waals surface area contributed by atoms with Gasteiger partial charge < -0.3 is 15.2 Å². The standard InChI is InChI=1S/C18H25NO2Si/c1-22(2,3)11-7-15-12-14-6-4-5-8-18(20-9-10-21-18)16(14)13-17(15)19/h12-13H,4-6,8-10,19H2,1-3H3. The first kappa shape index (κ1) is 15.6. The zero-order valence-electron chi connectivity index (χ0n) is 13.8. The lowest BCUT2D eigenvalue weighted by atomic mass is 9.94. The highest BCUT2D eigenvalue weighted by atomic mass is 28.3. The molecular formula is C18H25NO2Si. The molecule has 0 unspecified atom stereocenters. The van der Waals surface area contributed by atoms with Crippen LogP contribution in [0.1, 0.15) is 36.0 Å². The fraction of sp³-hybridized carbons (Fsp3) is 0.556. The lowest BCUT2D eigenvalue weighted by molar-refractivity contribution is -0.170. The van der Waals surface area contributed by atoms with Crippen LogP contribution in [0.15, 0.2) is 12.1 Å². The first-order chi connectivity index (χ1) is 10.4. The summed E-state index contributed by atoms with van der Waals surface area (Å²) in [5, 5.41) is 0. The Balaban J connectivity index is 2.05. The Morgan fingerprint density at radius 1 is 1.14 bits per heavy atom. The zero-order chi connectivity index (χ0) is 15.8. The molecule has 118 valence electrons. The third kappa shape index (κ3) is 3.07. The number of ether oxygens (including phenoxy) is 2. The van der Waals surface area contributed by atoms with Crippen molar-refractivity contribution in [1.82, 2.24) is 0 Å². The molecule has 3 nitrogen and oxygen atoms in total. The maximum atomic E-state index is 6.28. The molecule has 0 bridgehead atoms. The van der Waals surface area contributed by atoms with Crippen LogP contribution >= 0.6 is 0 Å². The lowest BCUT2D eigenvalue weighted by Gasteiger charge is -2.28. The molecule has 2 N–H and O–H groups in total. The van der Waals surface area contributed by atoms with Gasteiger partial charge in [0.05, 0.1) is 13.2 Å². The smallest absolute Gasteiger partial charge is 0.195 e. The number of aryl methyl sites for hydroxylation is 1. The molecular weight excluding hydrogens is 290 g/mol. The van der Waals surface area contributed by atoms with Crippen molar-refractivity contribution in [2.45, 2.75) is 51.1 Å². The number of anilines is 1. The van der Waals surface area contributed by atoms with Crippen molar-refractivity contribution in [1.29, 1.82) is 0 Å². The van der Waals surface area contributed by atoms with Gasteiger partial charge in [0, 0.05) is 23.2 Å². The van der Waals surface area contributed by atoms with Crippen LogP contribution in [0.25, 0.3) is 0 Å². The van der Waals surface area contributed by atoms with Gasteiger partial charge in [-0.05, 0) is 37.0 Å². The number of rotatable bonds is 0. The van der Waals surface area contributed by atoms with Crippen LogP contribution in [-0.2, 0) is 21.7 Å². The number of nitrogen functional groups attached to an aromatic ring is 1. The highest BCUT2D eigenvalue weighted by molar-refractivity contribution is 6.83. The molecule has 1 heterocycles. The van der Waals surface area contributed by atoms with Gasteiger partial charge in [0.2, 0.25) is 0 Å². The van der Waals surface area contributed by atoms with Gasteiger partial charge in [-0.15, -0.1) is 5.54 Å². The molecule has 4 heteroatoms. The summed E-state index contributed by atoms with van der Waals surface area (Å²) in [4.78, 5) is 0. The number of fused-ring (bicyclic) bond motifs is 2. The van der Waals surface area contributed by atoms with Gasteiger partial charge in [0.15, 0.2) is 5.79 Å². The van der Waals surface area contributed by atoms with Crippen LogP contribution in [0.4, 0.5) is 5.69 Å². The molecule has 1 aromatic rings. The van der Waals surface area contributed by atoms with Gasteiger partial charge in [0.1, 0.15) is 8.07 Å². The number of benzene rings is 1. The monoisotopic (exact) mass is 315 g/mol. The predicted molar refractivity (Wildman–Crippen MR) is 92.2 cm³/mol. The lowest BCUT2D eigenvalue weighted by Crippen LogP contribution is -2.27. The molecule has 3 rings (SSSR count). The van der Waals surface area contributed by atoms with Gasteiger partial charge in [-0.1, -0.05) is 25.6 Å². The van der Waals surface area contributed by atoms with Crippen molar-refractivity contribution in [2.24, 2.45) is 0 Å². The Morgan fingerprint density at radius 2 is 1.86 bits per heavy atom. The molecule has 1 aliphatic heterocycles. The van der Waals surface area contributed by atoms with Gasteiger partial charge in [0.25, 0.3) is 0 Å². The minimum Gasteiger partial charge on any atom is -0.398 e. The van der Waals surface area contributed by atoms with E-state index in [2.05, 4.69) is 37.2 Å². The van der Waals surface area contributed by atoms with E-state index in [1.807, 2.05) is 6.07 Å². The van der Waals surface area contributed by atoms with Crippen LogP contribution < -0.4 is 5.73 Å². The predicted octanol–water partition coefficient (Wildman–Crippen LogP) is 3.42. The van der Waals surface area contributed by atoms with Crippen LogP contribution in [-0.4, -0.2) is 21.3 Å². The summed E-state index contributed by atoms with van der Waals surface area (Å²) >= 11 is 0. The second-order valence-electron chi connectivity index (χ2n) is 7.25.